The molecular weight excluding hydrogens is 394 g/mol. The monoisotopic (exact) mass is 419 g/mol. The molecule has 0 radical (unpaired) electrons. The van der Waals surface area contributed by atoms with Gasteiger partial charge in [0, 0.05) is 18.2 Å². The summed E-state index contributed by atoms with van der Waals surface area (Å²) >= 11 is 0. The summed E-state index contributed by atoms with van der Waals surface area (Å²) in [6, 6.07) is 14.8. The number of aromatic nitrogens is 2. The number of nitrogens with zero attached hydrogens (tertiary/aromatic N) is 2. The fourth-order valence-electron chi connectivity index (χ4n) is 3.55. The summed E-state index contributed by atoms with van der Waals surface area (Å²) in [5.74, 6) is -0.307. The second kappa shape index (κ2) is 8.71. The summed E-state index contributed by atoms with van der Waals surface area (Å²) in [4.78, 5) is 42.3. The van der Waals surface area contributed by atoms with Crippen molar-refractivity contribution in [3.05, 3.63) is 70.3 Å². The van der Waals surface area contributed by atoms with E-state index in [1.54, 1.807) is 29.7 Å². The van der Waals surface area contributed by atoms with Gasteiger partial charge in [-0.05, 0) is 50.5 Å². The van der Waals surface area contributed by atoms with Crippen LogP contribution in [0.2, 0.25) is 0 Å². The zero-order valence-electron chi connectivity index (χ0n) is 17.6. The summed E-state index contributed by atoms with van der Waals surface area (Å²) in [7, 11) is 0. The van der Waals surface area contributed by atoms with Gasteiger partial charge in [0.25, 0.3) is 11.5 Å². The molecule has 7 heteroatoms. The van der Waals surface area contributed by atoms with Crippen molar-refractivity contribution in [3.63, 3.8) is 0 Å². The van der Waals surface area contributed by atoms with E-state index in [2.05, 4.69) is 10.3 Å². The number of rotatable bonds is 7. The number of fused-ring (bicyclic) bond motifs is 1. The van der Waals surface area contributed by atoms with E-state index in [-0.39, 0.29) is 30.3 Å². The van der Waals surface area contributed by atoms with Crippen molar-refractivity contribution in [2.75, 3.05) is 5.32 Å². The van der Waals surface area contributed by atoms with Crippen molar-refractivity contribution >= 4 is 28.5 Å². The molecule has 1 amide bonds. The number of carbonyl (C=O) groups excluding carboxylic acids is 2. The van der Waals surface area contributed by atoms with Gasteiger partial charge in [0.2, 0.25) is 0 Å². The zero-order chi connectivity index (χ0) is 22.0. The van der Waals surface area contributed by atoms with Crippen molar-refractivity contribution in [1.29, 1.82) is 0 Å². The van der Waals surface area contributed by atoms with Crippen LogP contribution in [0, 0.1) is 6.92 Å². The van der Waals surface area contributed by atoms with Gasteiger partial charge in [-0.2, -0.15) is 0 Å². The second-order valence-electron chi connectivity index (χ2n) is 7.89. The number of para-hydroxylation sites is 2. The van der Waals surface area contributed by atoms with Crippen LogP contribution >= 0.6 is 0 Å². The van der Waals surface area contributed by atoms with Gasteiger partial charge in [-0.25, -0.2) is 4.98 Å². The third kappa shape index (κ3) is 4.66. The van der Waals surface area contributed by atoms with Gasteiger partial charge in [0.15, 0.2) is 6.10 Å². The van der Waals surface area contributed by atoms with Crippen LogP contribution in [0.25, 0.3) is 10.9 Å². The van der Waals surface area contributed by atoms with Crippen LogP contribution in [0.15, 0.2) is 53.3 Å². The first-order valence-corrected chi connectivity index (χ1v) is 10.5. The molecule has 0 aliphatic heterocycles. The Labute approximate surface area is 180 Å². The molecule has 160 valence electrons. The highest BCUT2D eigenvalue weighted by Gasteiger charge is 2.28. The molecule has 31 heavy (non-hydrogen) atoms. The minimum atomic E-state index is -0.928. The highest BCUT2D eigenvalue weighted by molar-refractivity contribution is 5.95. The number of esters is 1. The van der Waals surface area contributed by atoms with Crippen molar-refractivity contribution in [3.8, 4) is 0 Å². The van der Waals surface area contributed by atoms with Crippen molar-refractivity contribution in [1.82, 2.24) is 9.55 Å². The van der Waals surface area contributed by atoms with Gasteiger partial charge in [-0.1, -0.05) is 30.3 Å². The van der Waals surface area contributed by atoms with Crippen LogP contribution in [0.5, 0.6) is 0 Å². The predicted molar refractivity (Wildman–Crippen MR) is 118 cm³/mol. The van der Waals surface area contributed by atoms with Crippen molar-refractivity contribution in [2.24, 2.45) is 0 Å². The van der Waals surface area contributed by atoms with E-state index in [9.17, 15) is 14.4 Å². The molecule has 1 fully saturated rings. The van der Waals surface area contributed by atoms with Crippen molar-refractivity contribution < 1.29 is 14.3 Å². The van der Waals surface area contributed by atoms with E-state index < -0.39 is 12.1 Å². The number of ether oxygens (including phenoxy) is 1. The lowest BCUT2D eigenvalue weighted by Crippen LogP contribution is -2.30. The number of amides is 1. The van der Waals surface area contributed by atoms with Crippen LogP contribution in [0.4, 0.5) is 5.69 Å². The van der Waals surface area contributed by atoms with Gasteiger partial charge in [-0.3, -0.25) is 19.0 Å². The highest BCUT2D eigenvalue weighted by Crippen LogP contribution is 2.34. The SMILES string of the molecule is Cc1ccccc1NC(=O)C(C)OC(=O)CCc1nc2ccccc2c(=O)n1C1CC1. The number of anilines is 1. The molecule has 2 aromatic carbocycles. The Bertz CT molecular complexity index is 1200. The van der Waals surface area contributed by atoms with Crippen LogP contribution in [0.1, 0.15) is 43.6 Å². The maximum Gasteiger partial charge on any atom is 0.307 e. The van der Waals surface area contributed by atoms with Gasteiger partial charge in [0.05, 0.1) is 17.3 Å². The molecule has 1 saturated carbocycles. The van der Waals surface area contributed by atoms with Crippen LogP contribution in [0.3, 0.4) is 0 Å². The molecule has 7 nitrogen and oxygen atoms in total. The molecule has 4 rings (SSSR count). The Morgan fingerprint density at radius 3 is 2.61 bits per heavy atom. The van der Waals surface area contributed by atoms with Crippen LogP contribution in [-0.4, -0.2) is 27.5 Å². The largest absolute Gasteiger partial charge is 0.453 e. The normalized spacial score (nSPS) is 14.3. The van der Waals surface area contributed by atoms with E-state index in [4.69, 9.17) is 4.74 Å². The van der Waals surface area contributed by atoms with Gasteiger partial charge in [0.1, 0.15) is 5.82 Å². The van der Waals surface area contributed by atoms with E-state index in [0.29, 0.717) is 22.4 Å². The molecule has 3 aromatic rings. The van der Waals surface area contributed by atoms with Gasteiger partial charge in [-0.15, -0.1) is 0 Å². The predicted octanol–water partition coefficient (Wildman–Crippen LogP) is 3.54. The third-order valence-electron chi connectivity index (χ3n) is 5.43. The van der Waals surface area contributed by atoms with E-state index >= 15 is 0 Å². The maximum absolute atomic E-state index is 12.9. The average Bonchev–Trinajstić information content (AvgIpc) is 3.59. The molecule has 1 aliphatic rings. The molecule has 1 atom stereocenters. The summed E-state index contributed by atoms with van der Waals surface area (Å²) in [6.45, 7) is 3.43. The Morgan fingerprint density at radius 1 is 1.16 bits per heavy atom. The molecule has 1 N–H and O–H groups in total. The summed E-state index contributed by atoms with van der Waals surface area (Å²) in [5.41, 5.74) is 2.17. The smallest absolute Gasteiger partial charge is 0.307 e. The fourth-order valence-corrected chi connectivity index (χ4v) is 3.55. The second-order valence-corrected chi connectivity index (χ2v) is 7.89. The van der Waals surface area contributed by atoms with E-state index in [1.807, 2.05) is 37.3 Å². The van der Waals surface area contributed by atoms with Gasteiger partial charge < -0.3 is 10.1 Å². The summed E-state index contributed by atoms with van der Waals surface area (Å²) in [6.07, 6.45) is 1.27. The maximum atomic E-state index is 12.9. The van der Waals surface area contributed by atoms with Crippen LogP contribution in [-0.2, 0) is 20.7 Å². The first kappa shape index (κ1) is 20.8. The number of aryl methyl sites for hydroxylation is 2. The average molecular weight is 419 g/mol. The molecular formula is C24H25N3O4. The van der Waals surface area contributed by atoms with E-state index in [1.165, 1.54) is 0 Å². The Balaban J connectivity index is 1.41. The van der Waals surface area contributed by atoms with Crippen LogP contribution < -0.4 is 10.9 Å². The molecule has 0 saturated heterocycles. The number of hydrogen-bond donors (Lipinski definition) is 1. The topological polar surface area (TPSA) is 90.3 Å². The number of nitrogens with one attached hydrogen (secondary N) is 1. The lowest BCUT2D eigenvalue weighted by molar-refractivity contribution is -0.153. The fraction of sp³-hybridized carbons (Fsp3) is 0.333. The summed E-state index contributed by atoms with van der Waals surface area (Å²) in [5, 5.41) is 3.36. The lowest BCUT2D eigenvalue weighted by atomic mass is 10.2. The minimum absolute atomic E-state index is 0.0412. The Kier molecular flexibility index (Phi) is 5.84. The minimum Gasteiger partial charge on any atom is -0.453 e. The number of carbonyl (C=O) groups is 2. The highest BCUT2D eigenvalue weighted by atomic mass is 16.5. The van der Waals surface area contributed by atoms with Crippen molar-refractivity contribution in [2.45, 2.75) is 51.7 Å². The Hall–Kier alpha value is -3.48. The lowest BCUT2D eigenvalue weighted by Gasteiger charge is -2.15. The third-order valence-corrected chi connectivity index (χ3v) is 5.43. The zero-order valence-corrected chi connectivity index (χ0v) is 17.6. The van der Waals surface area contributed by atoms with Gasteiger partial charge >= 0.3 is 5.97 Å². The standard InChI is InChI=1S/C24H25N3O4/c1-15-7-3-5-9-19(15)26-23(29)16(2)31-22(28)14-13-21-25-20-10-6-4-8-18(20)24(30)27(21)17-11-12-17/h3-10,16-17H,11-14H2,1-2H3,(H,26,29). The molecule has 0 bridgehead atoms. The Morgan fingerprint density at radius 2 is 1.87 bits per heavy atom. The molecule has 1 aromatic heterocycles. The molecule has 1 heterocycles. The molecule has 1 aliphatic carbocycles. The summed E-state index contributed by atoms with van der Waals surface area (Å²) < 4.78 is 7.03. The molecule has 0 spiro atoms. The first-order valence-electron chi connectivity index (χ1n) is 10.5. The number of hydrogen-bond acceptors (Lipinski definition) is 5. The van der Waals surface area contributed by atoms with E-state index in [0.717, 1.165) is 18.4 Å². The first-order chi connectivity index (χ1) is 14.9. The quantitative estimate of drug-likeness (QED) is 0.592. The number of benzene rings is 2. The molecule has 1 unspecified atom stereocenters.